The Bertz CT molecular complexity index is 911. The predicted octanol–water partition coefficient (Wildman–Crippen LogP) is 3.94. The predicted molar refractivity (Wildman–Crippen MR) is 105 cm³/mol. The Morgan fingerprint density at radius 3 is 2.74 bits per heavy atom. The SMILES string of the molecule is COc1ccc(-c2ccc(C(=O)NCc3csc(N4CCCC4)n3)o2)cc1. The number of nitrogens with zero attached hydrogens (tertiary/aromatic N) is 2. The summed E-state index contributed by atoms with van der Waals surface area (Å²) in [4.78, 5) is 19.3. The van der Waals surface area contributed by atoms with E-state index < -0.39 is 0 Å². The van der Waals surface area contributed by atoms with Gasteiger partial charge in [-0.2, -0.15) is 0 Å². The van der Waals surface area contributed by atoms with Crippen LogP contribution in [0.3, 0.4) is 0 Å². The molecule has 1 amide bonds. The molecule has 1 fully saturated rings. The van der Waals surface area contributed by atoms with E-state index in [-0.39, 0.29) is 11.7 Å². The summed E-state index contributed by atoms with van der Waals surface area (Å²) in [7, 11) is 1.63. The van der Waals surface area contributed by atoms with Crippen LogP contribution >= 0.6 is 11.3 Å². The van der Waals surface area contributed by atoms with Crippen LogP contribution in [0.4, 0.5) is 5.13 Å². The fourth-order valence-electron chi connectivity index (χ4n) is 3.06. The number of carbonyl (C=O) groups excluding carboxylic acids is 1. The molecule has 0 bridgehead atoms. The van der Waals surface area contributed by atoms with E-state index in [2.05, 4.69) is 15.2 Å². The molecule has 4 rings (SSSR count). The van der Waals surface area contributed by atoms with Gasteiger partial charge in [0.05, 0.1) is 19.3 Å². The first-order valence-electron chi connectivity index (χ1n) is 8.95. The highest BCUT2D eigenvalue weighted by Crippen LogP contribution is 2.25. The quantitative estimate of drug-likeness (QED) is 0.698. The molecule has 1 aliphatic heterocycles. The van der Waals surface area contributed by atoms with Crippen molar-refractivity contribution in [3.63, 3.8) is 0 Å². The number of nitrogens with one attached hydrogen (secondary N) is 1. The van der Waals surface area contributed by atoms with Crippen molar-refractivity contribution in [2.75, 3.05) is 25.1 Å². The third kappa shape index (κ3) is 3.98. The number of methoxy groups -OCH3 is 1. The molecular formula is C20H21N3O3S. The fraction of sp³-hybridized carbons (Fsp3) is 0.300. The standard InChI is InChI=1S/C20H21N3O3S/c1-25-16-6-4-14(5-7-16)17-8-9-18(26-17)19(24)21-12-15-13-27-20(22-15)23-10-2-3-11-23/h4-9,13H,2-3,10-12H2,1H3,(H,21,24). The lowest BCUT2D eigenvalue weighted by atomic mass is 10.2. The lowest BCUT2D eigenvalue weighted by Gasteiger charge is -2.12. The lowest BCUT2D eigenvalue weighted by molar-refractivity contribution is 0.0923. The summed E-state index contributed by atoms with van der Waals surface area (Å²) < 4.78 is 10.9. The molecule has 0 aliphatic carbocycles. The summed E-state index contributed by atoms with van der Waals surface area (Å²) in [5.74, 6) is 1.47. The van der Waals surface area contributed by atoms with Crippen molar-refractivity contribution in [1.29, 1.82) is 0 Å². The molecule has 140 valence electrons. The van der Waals surface area contributed by atoms with Gasteiger partial charge in [-0.1, -0.05) is 0 Å². The molecule has 1 aromatic carbocycles. The van der Waals surface area contributed by atoms with Crippen LogP contribution in [0.2, 0.25) is 0 Å². The third-order valence-corrected chi connectivity index (χ3v) is 5.50. The van der Waals surface area contributed by atoms with Crippen LogP contribution in [-0.4, -0.2) is 31.1 Å². The van der Waals surface area contributed by atoms with E-state index in [4.69, 9.17) is 9.15 Å². The van der Waals surface area contributed by atoms with Crippen LogP contribution < -0.4 is 15.0 Å². The van der Waals surface area contributed by atoms with E-state index in [1.165, 1.54) is 12.8 Å². The number of rotatable bonds is 6. The zero-order valence-electron chi connectivity index (χ0n) is 15.1. The average Bonchev–Trinajstić information content (AvgIpc) is 3.47. The van der Waals surface area contributed by atoms with Gasteiger partial charge in [-0.3, -0.25) is 4.79 Å². The van der Waals surface area contributed by atoms with Gasteiger partial charge in [0.15, 0.2) is 10.9 Å². The summed E-state index contributed by atoms with van der Waals surface area (Å²) in [5.41, 5.74) is 1.77. The monoisotopic (exact) mass is 383 g/mol. The minimum absolute atomic E-state index is 0.245. The average molecular weight is 383 g/mol. The van der Waals surface area contributed by atoms with E-state index in [1.807, 2.05) is 29.6 Å². The normalized spacial score (nSPS) is 13.7. The van der Waals surface area contributed by atoms with Crippen LogP contribution in [0.25, 0.3) is 11.3 Å². The van der Waals surface area contributed by atoms with Gasteiger partial charge in [0.1, 0.15) is 11.5 Å². The highest BCUT2D eigenvalue weighted by atomic mass is 32.1. The first kappa shape index (κ1) is 17.6. The van der Waals surface area contributed by atoms with Crippen molar-refractivity contribution in [1.82, 2.24) is 10.3 Å². The van der Waals surface area contributed by atoms with Crippen LogP contribution in [0.1, 0.15) is 29.1 Å². The van der Waals surface area contributed by atoms with E-state index in [1.54, 1.807) is 30.6 Å². The van der Waals surface area contributed by atoms with Crippen LogP contribution in [-0.2, 0) is 6.54 Å². The Labute approximate surface area is 161 Å². The van der Waals surface area contributed by atoms with Gasteiger partial charge in [0, 0.05) is 24.0 Å². The molecule has 3 heterocycles. The Morgan fingerprint density at radius 1 is 1.22 bits per heavy atom. The van der Waals surface area contributed by atoms with Crippen molar-refractivity contribution in [2.24, 2.45) is 0 Å². The molecule has 27 heavy (non-hydrogen) atoms. The molecule has 0 radical (unpaired) electrons. The highest BCUT2D eigenvalue weighted by Gasteiger charge is 2.17. The van der Waals surface area contributed by atoms with Gasteiger partial charge in [-0.25, -0.2) is 4.98 Å². The molecule has 2 aromatic heterocycles. The molecule has 0 spiro atoms. The largest absolute Gasteiger partial charge is 0.497 e. The molecule has 7 heteroatoms. The third-order valence-electron chi connectivity index (χ3n) is 4.55. The molecule has 3 aromatic rings. The summed E-state index contributed by atoms with van der Waals surface area (Å²) in [5, 5.41) is 5.91. The van der Waals surface area contributed by atoms with Gasteiger partial charge in [0.25, 0.3) is 5.91 Å². The summed E-state index contributed by atoms with van der Waals surface area (Å²) >= 11 is 1.63. The molecule has 0 unspecified atom stereocenters. The number of aromatic nitrogens is 1. The number of amides is 1. The number of hydrogen-bond donors (Lipinski definition) is 1. The minimum atomic E-state index is -0.245. The second-order valence-electron chi connectivity index (χ2n) is 6.39. The van der Waals surface area contributed by atoms with Gasteiger partial charge in [-0.15, -0.1) is 11.3 Å². The van der Waals surface area contributed by atoms with Gasteiger partial charge in [0.2, 0.25) is 0 Å². The molecular weight excluding hydrogens is 362 g/mol. The minimum Gasteiger partial charge on any atom is -0.497 e. The Balaban J connectivity index is 1.36. The molecule has 6 nitrogen and oxygen atoms in total. The molecule has 1 aliphatic rings. The molecule has 1 N–H and O–H groups in total. The maximum atomic E-state index is 12.4. The zero-order chi connectivity index (χ0) is 18.6. The summed E-state index contributed by atoms with van der Waals surface area (Å²) in [6, 6.07) is 11.0. The lowest BCUT2D eigenvalue weighted by Crippen LogP contribution is -2.22. The molecule has 0 atom stereocenters. The van der Waals surface area contributed by atoms with Crippen molar-refractivity contribution in [3.05, 3.63) is 53.2 Å². The Kier molecular flexibility index (Phi) is 5.11. The number of furan rings is 1. The number of carbonyl (C=O) groups is 1. The highest BCUT2D eigenvalue weighted by molar-refractivity contribution is 7.13. The maximum absolute atomic E-state index is 12.4. The smallest absolute Gasteiger partial charge is 0.287 e. The second kappa shape index (κ2) is 7.84. The molecule has 0 saturated carbocycles. The summed E-state index contributed by atoms with van der Waals surface area (Å²) in [6.07, 6.45) is 2.45. The molecule has 1 saturated heterocycles. The number of ether oxygens (including phenoxy) is 1. The van der Waals surface area contributed by atoms with Crippen molar-refractivity contribution < 1.29 is 13.9 Å². The Morgan fingerprint density at radius 2 is 2.00 bits per heavy atom. The van der Waals surface area contributed by atoms with E-state index in [9.17, 15) is 4.79 Å². The maximum Gasteiger partial charge on any atom is 0.287 e. The number of benzene rings is 1. The van der Waals surface area contributed by atoms with Gasteiger partial charge < -0.3 is 19.4 Å². The number of hydrogen-bond acceptors (Lipinski definition) is 6. The van der Waals surface area contributed by atoms with Crippen LogP contribution in [0.5, 0.6) is 5.75 Å². The van der Waals surface area contributed by atoms with Crippen molar-refractivity contribution >= 4 is 22.4 Å². The van der Waals surface area contributed by atoms with Crippen molar-refractivity contribution in [3.8, 4) is 17.1 Å². The number of anilines is 1. The van der Waals surface area contributed by atoms with Gasteiger partial charge in [-0.05, 0) is 49.2 Å². The topological polar surface area (TPSA) is 67.6 Å². The van der Waals surface area contributed by atoms with Gasteiger partial charge >= 0.3 is 0 Å². The van der Waals surface area contributed by atoms with E-state index in [0.717, 1.165) is 35.2 Å². The van der Waals surface area contributed by atoms with Crippen LogP contribution in [0, 0.1) is 0 Å². The number of thiazole rings is 1. The summed E-state index contributed by atoms with van der Waals surface area (Å²) in [6.45, 7) is 2.53. The first-order chi connectivity index (χ1) is 13.2. The second-order valence-corrected chi connectivity index (χ2v) is 7.23. The first-order valence-corrected chi connectivity index (χ1v) is 9.83. The van der Waals surface area contributed by atoms with E-state index in [0.29, 0.717) is 12.3 Å². The van der Waals surface area contributed by atoms with E-state index >= 15 is 0 Å². The van der Waals surface area contributed by atoms with Crippen LogP contribution in [0.15, 0.2) is 46.2 Å². The fourth-order valence-corrected chi connectivity index (χ4v) is 3.94. The zero-order valence-corrected chi connectivity index (χ0v) is 15.9. The Hall–Kier alpha value is -2.80. The van der Waals surface area contributed by atoms with Crippen molar-refractivity contribution in [2.45, 2.75) is 19.4 Å².